The van der Waals surface area contributed by atoms with Gasteiger partial charge < -0.3 is 9.64 Å². The predicted octanol–water partition coefficient (Wildman–Crippen LogP) is 3.17. The molecule has 0 unspecified atom stereocenters. The number of carbonyl (C=O) groups excluding carboxylic acids is 1. The van der Waals surface area contributed by atoms with E-state index in [4.69, 9.17) is 4.74 Å². The summed E-state index contributed by atoms with van der Waals surface area (Å²) < 4.78 is 18.5. The highest BCUT2D eigenvalue weighted by atomic mass is 79.9. The first-order chi connectivity index (χ1) is 7.54. The van der Waals surface area contributed by atoms with Crippen LogP contribution in [0.3, 0.4) is 0 Å². The Morgan fingerprint density at radius 3 is 2.75 bits per heavy atom. The Morgan fingerprint density at radius 2 is 2.25 bits per heavy atom. The van der Waals surface area contributed by atoms with Crippen molar-refractivity contribution in [1.29, 1.82) is 0 Å². The molecule has 0 saturated carbocycles. The molecule has 88 valence electrons. The van der Waals surface area contributed by atoms with E-state index in [1.807, 2.05) is 0 Å². The first kappa shape index (κ1) is 13.0. The van der Waals surface area contributed by atoms with Crippen molar-refractivity contribution >= 4 is 20.7 Å². The zero-order valence-electron chi connectivity index (χ0n) is 9.17. The summed E-state index contributed by atoms with van der Waals surface area (Å²) in [4.78, 5) is 12.1. The minimum Gasteiger partial charge on any atom is -0.491 e. The molecule has 0 radical (unpaired) electrons. The Hall–Kier alpha value is -1.10. The molecule has 0 fully saturated rings. The largest absolute Gasteiger partial charge is 0.491 e. The molecule has 3 nitrogen and oxygen atoms in total. The molecule has 0 aliphatic heterocycles. The van der Waals surface area contributed by atoms with E-state index < -0.39 is 5.82 Å². The highest BCUT2D eigenvalue weighted by molar-refractivity contribution is 9.18. The number of hydrogen-bond acceptors (Lipinski definition) is 2. The molecule has 1 amide bonds. The van der Waals surface area contributed by atoms with E-state index in [-0.39, 0.29) is 10.6 Å². The van der Waals surface area contributed by atoms with Crippen molar-refractivity contribution in [2.45, 2.75) is 13.5 Å². The molecule has 0 aliphatic carbocycles. The highest BCUT2D eigenvalue weighted by Gasteiger charge is 2.08. The smallest absolute Gasteiger partial charge is 0.289 e. The van der Waals surface area contributed by atoms with Crippen LogP contribution in [0, 0.1) is 5.82 Å². The summed E-state index contributed by atoms with van der Waals surface area (Å²) in [6.45, 7) is 2.58. The number of benzene rings is 1. The predicted molar refractivity (Wildman–Crippen MR) is 63.4 cm³/mol. The van der Waals surface area contributed by atoms with Gasteiger partial charge in [-0.15, -0.1) is 0 Å². The molecule has 1 rings (SSSR count). The first-order valence-corrected chi connectivity index (χ1v) is 5.65. The molecule has 5 heteroatoms. The lowest BCUT2D eigenvalue weighted by molar-refractivity contribution is 0.233. The Labute approximate surface area is 102 Å². The maximum Gasteiger partial charge on any atom is 0.289 e. The molecule has 16 heavy (non-hydrogen) atoms. The van der Waals surface area contributed by atoms with E-state index in [1.54, 1.807) is 26.1 Å². The molecular weight excluding hydrogens is 277 g/mol. The van der Waals surface area contributed by atoms with Crippen molar-refractivity contribution in [3.05, 3.63) is 29.6 Å². The number of nitrogens with zero attached hydrogens (tertiary/aromatic N) is 1. The molecule has 0 saturated heterocycles. The van der Waals surface area contributed by atoms with Crippen LogP contribution in [-0.4, -0.2) is 23.4 Å². The van der Waals surface area contributed by atoms with Crippen LogP contribution in [0.4, 0.5) is 9.18 Å². The maximum atomic E-state index is 13.4. The van der Waals surface area contributed by atoms with Gasteiger partial charge in [0.1, 0.15) is 0 Å². The lowest BCUT2D eigenvalue weighted by atomic mass is 10.2. The standard InChI is InChI=1S/C11H13BrFNO2/c1-3-16-10-5-4-8(6-9(10)13)7-14(2)11(12)15/h4-6H,3,7H2,1-2H3. The van der Waals surface area contributed by atoms with Crippen LogP contribution in [-0.2, 0) is 6.54 Å². The van der Waals surface area contributed by atoms with E-state index in [0.29, 0.717) is 13.2 Å². The number of halogens is 2. The third-order valence-electron chi connectivity index (χ3n) is 2.02. The molecule has 0 spiro atoms. The second-order valence-electron chi connectivity index (χ2n) is 3.31. The van der Waals surface area contributed by atoms with Gasteiger partial charge in [-0.25, -0.2) is 4.39 Å². The van der Waals surface area contributed by atoms with E-state index >= 15 is 0 Å². The lowest BCUT2D eigenvalue weighted by Gasteiger charge is -2.14. The first-order valence-electron chi connectivity index (χ1n) is 4.86. The van der Waals surface area contributed by atoms with Gasteiger partial charge in [0.05, 0.1) is 6.61 Å². The quantitative estimate of drug-likeness (QED) is 0.629. The van der Waals surface area contributed by atoms with Gasteiger partial charge in [0, 0.05) is 29.5 Å². The van der Waals surface area contributed by atoms with Crippen molar-refractivity contribution in [2.75, 3.05) is 13.7 Å². The summed E-state index contributed by atoms with van der Waals surface area (Å²) in [5, 5.41) is 0. The Morgan fingerprint density at radius 1 is 1.56 bits per heavy atom. The van der Waals surface area contributed by atoms with Crippen LogP contribution >= 0.6 is 15.9 Å². The average Bonchev–Trinajstić information content (AvgIpc) is 2.22. The third-order valence-corrected chi connectivity index (χ3v) is 2.62. The molecule has 0 aromatic heterocycles. The lowest BCUT2D eigenvalue weighted by Crippen LogP contribution is -2.19. The summed E-state index contributed by atoms with van der Waals surface area (Å²) in [6.07, 6.45) is 0. The van der Waals surface area contributed by atoms with Crippen LogP contribution in [0.15, 0.2) is 18.2 Å². The fourth-order valence-electron chi connectivity index (χ4n) is 1.25. The van der Waals surface area contributed by atoms with Gasteiger partial charge in [0.2, 0.25) is 0 Å². The Balaban J connectivity index is 2.77. The van der Waals surface area contributed by atoms with Crippen molar-refractivity contribution in [2.24, 2.45) is 0 Å². The van der Waals surface area contributed by atoms with Gasteiger partial charge in [-0.2, -0.15) is 0 Å². The summed E-state index contributed by atoms with van der Waals surface area (Å²) in [5.41, 5.74) is 0.719. The van der Waals surface area contributed by atoms with E-state index in [0.717, 1.165) is 5.56 Å². The summed E-state index contributed by atoms with van der Waals surface area (Å²) in [7, 11) is 1.63. The molecule has 0 N–H and O–H groups in total. The summed E-state index contributed by atoms with van der Waals surface area (Å²) in [5.74, 6) is -0.172. The van der Waals surface area contributed by atoms with Crippen molar-refractivity contribution in [3.8, 4) is 5.75 Å². The van der Waals surface area contributed by atoms with Gasteiger partial charge in [-0.05, 0) is 24.6 Å². The minimum absolute atomic E-state index is 0.234. The van der Waals surface area contributed by atoms with Gasteiger partial charge >= 0.3 is 0 Å². The van der Waals surface area contributed by atoms with Gasteiger partial charge in [0.15, 0.2) is 11.6 Å². The zero-order valence-corrected chi connectivity index (χ0v) is 10.8. The topological polar surface area (TPSA) is 29.5 Å². The monoisotopic (exact) mass is 289 g/mol. The van der Waals surface area contributed by atoms with Crippen molar-refractivity contribution < 1.29 is 13.9 Å². The van der Waals surface area contributed by atoms with Crippen LogP contribution in [0.1, 0.15) is 12.5 Å². The second kappa shape index (κ2) is 5.84. The van der Waals surface area contributed by atoms with Crippen molar-refractivity contribution in [3.63, 3.8) is 0 Å². The Bertz CT molecular complexity index is 384. The van der Waals surface area contributed by atoms with Crippen LogP contribution in [0.5, 0.6) is 5.75 Å². The molecule has 0 heterocycles. The SMILES string of the molecule is CCOc1ccc(CN(C)C(=O)Br)cc1F. The number of ether oxygens (including phenoxy) is 1. The fourth-order valence-corrected chi connectivity index (χ4v) is 1.38. The Kier molecular flexibility index (Phi) is 4.73. The fraction of sp³-hybridized carbons (Fsp3) is 0.364. The van der Waals surface area contributed by atoms with Crippen LogP contribution < -0.4 is 4.74 Å². The molecule has 1 aromatic carbocycles. The number of amides is 1. The molecule has 1 aromatic rings. The highest BCUT2D eigenvalue weighted by Crippen LogP contribution is 2.19. The number of rotatable bonds is 4. The minimum atomic E-state index is -0.408. The van der Waals surface area contributed by atoms with Gasteiger partial charge in [-0.3, -0.25) is 4.79 Å². The summed E-state index contributed by atoms with van der Waals surface area (Å²) in [6, 6.07) is 4.68. The van der Waals surface area contributed by atoms with E-state index in [1.165, 1.54) is 11.0 Å². The number of hydrogen-bond donors (Lipinski definition) is 0. The zero-order chi connectivity index (χ0) is 12.1. The average molecular weight is 290 g/mol. The third kappa shape index (κ3) is 3.48. The molecule has 0 aliphatic rings. The van der Waals surface area contributed by atoms with Gasteiger partial charge in [-0.1, -0.05) is 6.07 Å². The normalized spacial score (nSPS) is 10.0. The maximum absolute atomic E-state index is 13.4. The van der Waals surface area contributed by atoms with Crippen LogP contribution in [0.2, 0.25) is 0 Å². The molecule has 0 atom stereocenters. The van der Waals surface area contributed by atoms with E-state index in [9.17, 15) is 9.18 Å². The van der Waals surface area contributed by atoms with E-state index in [2.05, 4.69) is 15.9 Å². The van der Waals surface area contributed by atoms with Crippen LogP contribution in [0.25, 0.3) is 0 Å². The molecular formula is C11H13BrFNO2. The number of carbonyl (C=O) groups is 1. The second-order valence-corrected chi connectivity index (χ2v) is 3.99. The van der Waals surface area contributed by atoms with Gasteiger partial charge in [0.25, 0.3) is 4.82 Å². The summed E-state index contributed by atoms with van der Waals surface area (Å²) >= 11 is 2.82. The molecule has 0 bridgehead atoms. The van der Waals surface area contributed by atoms with Crippen molar-refractivity contribution in [1.82, 2.24) is 4.90 Å².